The summed E-state index contributed by atoms with van der Waals surface area (Å²) in [7, 11) is 0. The van der Waals surface area contributed by atoms with Gasteiger partial charge in [-0.1, -0.05) is 60.7 Å². The quantitative estimate of drug-likeness (QED) is 0.640. The molecule has 4 aliphatic heterocycles. The van der Waals surface area contributed by atoms with Crippen LogP contribution in [0.2, 0.25) is 0 Å². The molecule has 7 rings (SSSR count). The molecule has 2 atom stereocenters. The first-order valence-corrected chi connectivity index (χ1v) is 13.6. The number of amides is 1. The maximum Gasteiger partial charge on any atom is 0.237 e. The van der Waals surface area contributed by atoms with E-state index in [4.69, 9.17) is 0 Å². The van der Waals surface area contributed by atoms with Crippen LogP contribution in [0, 0.1) is 0 Å². The number of nitrogens with zero attached hydrogens (tertiary/aromatic N) is 3. The molecular formula is C30H39N3O. The lowest BCUT2D eigenvalue weighted by molar-refractivity contribution is -0.135. The van der Waals surface area contributed by atoms with Crippen molar-refractivity contribution in [3.63, 3.8) is 0 Å². The number of benzene rings is 2. The summed E-state index contributed by atoms with van der Waals surface area (Å²) in [6.45, 7) is 6.08. The molecule has 1 aliphatic carbocycles. The average Bonchev–Trinajstić information content (AvgIpc) is 3.56. The fraction of sp³-hybridized carbons (Fsp3) is 0.567. The van der Waals surface area contributed by atoms with Crippen LogP contribution in [0.3, 0.4) is 0 Å². The maximum absolute atomic E-state index is 13.9. The number of hydrogen-bond donors (Lipinski definition) is 0. The van der Waals surface area contributed by atoms with Gasteiger partial charge in [0.25, 0.3) is 0 Å². The Morgan fingerprint density at radius 2 is 1.26 bits per heavy atom. The number of carbonyl (C=O) groups is 1. The monoisotopic (exact) mass is 457 g/mol. The number of likely N-dealkylation sites (tertiary alicyclic amines) is 2. The summed E-state index contributed by atoms with van der Waals surface area (Å²) in [6, 6.07) is 22.5. The normalized spacial score (nSPS) is 32.2. The molecule has 4 nitrogen and oxygen atoms in total. The van der Waals surface area contributed by atoms with Gasteiger partial charge in [0, 0.05) is 30.0 Å². The lowest BCUT2D eigenvalue weighted by Crippen LogP contribution is -2.55. The zero-order valence-electron chi connectivity index (χ0n) is 20.4. The molecule has 2 bridgehead atoms. The van der Waals surface area contributed by atoms with Crippen molar-refractivity contribution >= 4 is 5.91 Å². The van der Waals surface area contributed by atoms with Gasteiger partial charge in [0.15, 0.2) is 0 Å². The largest absolute Gasteiger partial charge is 0.337 e. The Hall–Kier alpha value is -2.17. The molecule has 2 aromatic carbocycles. The molecule has 4 heteroatoms. The van der Waals surface area contributed by atoms with Crippen molar-refractivity contribution < 1.29 is 4.79 Å². The summed E-state index contributed by atoms with van der Waals surface area (Å²) in [5.41, 5.74) is 3.02. The standard InChI is InChI=1S/C30H39N3O/c34-28(23-31-16-7-8-17-31)33-20-15-30(32-18-9-10-19-32)21-26(24-11-3-1-4-12-24)29(33)27(22-30)25-13-5-2-6-14-25/h1-6,11-14,26-27,29H,7-10,15-23H2/t26-,27-,29?,30?/m0/s1. The first kappa shape index (κ1) is 22.3. The molecule has 180 valence electrons. The van der Waals surface area contributed by atoms with Gasteiger partial charge in [0.2, 0.25) is 5.91 Å². The smallest absolute Gasteiger partial charge is 0.237 e. The molecule has 4 saturated heterocycles. The molecule has 0 unspecified atom stereocenters. The highest BCUT2D eigenvalue weighted by Gasteiger charge is 2.55. The Bertz CT molecular complexity index is 916. The first-order chi connectivity index (χ1) is 16.7. The van der Waals surface area contributed by atoms with Crippen molar-refractivity contribution in [2.24, 2.45) is 0 Å². The fourth-order valence-electron chi connectivity index (χ4n) is 7.69. The van der Waals surface area contributed by atoms with Crippen LogP contribution in [0.5, 0.6) is 0 Å². The minimum Gasteiger partial charge on any atom is -0.337 e. The van der Waals surface area contributed by atoms with Crippen LogP contribution in [0.1, 0.15) is 67.9 Å². The Morgan fingerprint density at radius 1 is 0.735 bits per heavy atom. The topological polar surface area (TPSA) is 26.8 Å². The van der Waals surface area contributed by atoms with E-state index in [0.717, 1.165) is 26.1 Å². The van der Waals surface area contributed by atoms with Crippen molar-refractivity contribution in [3.05, 3.63) is 71.8 Å². The molecule has 0 aromatic heterocycles. The summed E-state index contributed by atoms with van der Waals surface area (Å²) in [4.78, 5) is 21.5. The first-order valence-electron chi connectivity index (χ1n) is 13.6. The Morgan fingerprint density at radius 3 is 1.82 bits per heavy atom. The molecule has 34 heavy (non-hydrogen) atoms. The van der Waals surface area contributed by atoms with Crippen molar-refractivity contribution in [2.75, 3.05) is 39.3 Å². The zero-order chi connectivity index (χ0) is 23.0. The van der Waals surface area contributed by atoms with Gasteiger partial charge in [-0.3, -0.25) is 14.6 Å². The third-order valence-electron chi connectivity index (χ3n) is 9.31. The van der Waals surface area contributed by atoms with E-state index >= 15 is 0 Å². The molecule has 0 N–H and O–H groups in total. The fourth-order valence-corrected chi connectivity index (χ4v) is 7.69. The molecule has 4 heterocycles. The molecule has 0 radical (unpaired) electrons. The van der Waals surface area contributed by atoms with Crippen LogP contribution in [-0.4, -0.2) is 71.5 Å². The molecule has 1 amide bonds. The summed E-state index contributed by atoms with van der Waals surface area (Å²) in [5.74, 6) is 1.12. The summed E-state index contributed by atoms with van der Waals surface area (Å²) in [5, 5.41) is 0. The maximum atomic E-state index is 13.9. The van der Waals surface area contributed by atoms with E-state index in [1.165, 1.54) is 62.7 Å². The third-order valence-corrected chi connectivity index (χ3v) is 9.31. The van der Waals surface area contributed by atoms with Crippen LogP contribution in [0.25, 0.3) is 0 Å². The van der Waals surface area contributed by atoms with E-state index in [9.17, 15) is 4.79 Å². The highest BCUT2D eigenvalue weighted by molar-refractivity contribution is 5.79. The van der Waals surface area contributed by atoms with Gasteiger partial charge >= 0.3 is 0 Å². The van der Waals surface area contributed by atoms with Crippen molar-refractivity contribution in [3.8, 4) is 0 Å². The van der Waals surface area contributed by atoms with E-state index < -0.39 is 0 Å². The highest BCUT2D eigenvalue weighted by Crippen LogP contribution is 2.54. The molecule has 5 fully saturated rings. The van der Waals surface area contributed by atoms with E-state index in [1.54, 1.807) is 0 Å². The third kappa shape index (κ3) is 4.09. The second kappa shape index (κ2) is 9.47. The summed E-state index contributed by atoms with van der Waals surface area (Å²) in [6.07, 6.45) is 8.56. The van der Waals surface area contributed by atoms with E-state index in [-0.39, 0.29) is 11.6 Å². The lowest BCUT2D eigenvalue weighted by Gasteiger charge is -2.51. The lowest BCUT2D eigenvalue weighted by atomic mass is 9.63. The van der Waals surface area contributed by atoms with Crippen LogP contribution in [-0.2, 0) is 4.79 Å². The Kier molecular flexibility index (Phi) is 6.21. The average molecular weight is 458 g/mol. The second-order valence-electron chi connectivity index (χ2n) is 11.2. The minimum atomic E-state index is 0.191. The molecule has 1 saturated carbocycles. The van der Waals surface area contributed by atoms with Crippen LogP contribution < -0.4 is 0 Å². The minimum absolute atomic E-state index is 0.191. The van der Waals surface area contributed by atoms with Crippen LogP contribution >= 0.6 is 0 Å². The second-order valence-corrected chi connectivity index (χ2v) is 11.2. The summed E-state index contributed by atoms with van der Waals surface area (Å²) < 4.78 is 0. The molecule has 2 aromatic rings. The van der Waals surface area contributed by atoms with Gasteiger partial charge in [0.1, 0.15) is 0 Å². The predicted molar refractivity (Wildman–Crippen MR) is 137 cm³/mol. The van der Waals surface area contributed by atoms with Gasteiger partial charge in [-0.15, -0.1) is 0 Å². The van der Waals surface area contributed by atoms with Crippen molar-refractivity contribution in [1.82, 2.24) is 14.7 Å². The zero-order valence-corrected chi connectivity index (χ0v) is 20.4. The van der Waals surface area contributed by atoms with E-state index in [1.807, 2.05) is 0 Å². The molecular weight excluding hydrogens is 418 g/mol. The van der Waals surface area contributed by atoms with Gasteiger partial charge in [-0.2, -0.15) is 0 Å². The van der Waals surface area contributed by atoms with Gasteiger partial charge in [0.05, 0.1) is 6.54 Å². The van der Waals surface area contributed by atoms with Crippen LogP contribution in [0.4, 0.5) is 0 Å². The van der Waals surface area contributed by atoms with Gasteiger partial charge in [-0.25, -0.2) is 0 Å². The predicted octanol–water partition coefficient (Wildman–Crippen LogP) is 4.88. The van der Waals surface area contributed by atoms with Crippen molar-refractivity contribution in [1.29, 1.82) is 0 Å². The van der Waals surface area contributed by atoms with E-state index in [2.05, 4.69) is 75.4 Å². The van der Waals surface area contributed by atoms with Gasteiger partial charge < -0.3 is 4.90 Å². The number of rotatable bonds is 5. The SMILES string of the molecule is O=C(CN1CCCC1)N1CCC2(N3CCCC3)C[C@@H](c3ccccc3)C1[C@H](c1ccccc1)C2. The number of carbonyl (C=O) groups excluding carboxylic acids is 1. The summed E-state index contributed by atoms with van der Waals surface area (Å²) >= 11 is 0. The van der Waals surface area contributed by atoms with Crippen LogP contribution in [0.15, 0.2) is 60.7 Å². The van der Waals surface area contributed by atoms with Crippen molar-refractivity contribution in [2.45, 2.75) is 68.4 Å². The van der Waals surface area contributed by atoms with E-state index in [0.29, 0.717) is 24.3 Å². The molecule has 0 spiro atoms. The Labute approximate surface area is 204 Å². The number of hydrogen-bond acceptors (Lipinski definition) is 3. The number of fused-ring (bicyclic) bond motifs is 4. The highest BCUT2D eigenvalue weighted by atomic mass is 16.2. The van der Waals surface area contributed by atoms with Gasteiger partial charge in [-0.05, 0) is 82.3 Å². The Balaban J connectivity index is 1.43. The molecule has 5 aliphatic rings.